The molecule has 0 saturated carbocycles. The van der Waals surface area contributed by atoms with Crippen LogP contribution in [0, 0.1) is 19.7 Å². The normalized spacial score (nSPS) is 15.3. The van der Waals surface area contributed by atoms with Gasteiger partial charge in [0.05, 0.1) is 11.0 Å². The van der Waals surface area contributed by atoms with Gasteiger partial charge >= 0.3 is 5.97 Å². The molecule has 6 nitrogen and oxygen atoms in total. The SMILES string of the molecule is Cc1cc(-n2c(C3CCOCC3)c(/C=C/C(=O)O)c3cc4n[nH]c(C)c4cc32)ccc1F. The van der Waals surface area contributed by atoms with Crippen molar-refractivity contribution in [2.75, 3.05) is 13.2 Å². The Hall–Kier alpha value is -3.45. The molecule has 4 aromatic rings. The van der Waals surface area contributed by atoms with Crippen LogP contribution in [0.4, 0.5) is 4.39 Å². The van der Waals surface area contributed by atoms with Crippen molar-refractivity contribution in [2.45, 2.75) is 32.6 Å². The molecule has 7 heteroatoms. The number of nitrogens with one attached hydrogen (secondary N) is 1. The lowest BCUT2D eigenvalue weighted by atomic mass is 9.92. The number of aromatic amines is 1. The first-order valence-electron chi connectivity index (χ1n) is 10.7. The van der Waals surface area contributed by atoms with Crippen LogP contribution in [0.3, 0.4) is 0 Å². The number of hydrogen-bond donors (Lipinski definition) is 2. The van der Waals surface area contributed by atoms with E-state index in [4.69, 9.17) is 4.74 Å². The minimum absolute atomic E-state index is 0.185. The van der Waals surface area contributed by atoms with Gasteiger partial charge in [0.1, 0.15) is 5.82 Å². The van der Waals surface area contributed by atoms with Gasteiger partial charge in [-0.25, -0.2) is 9.18 Å². The minimum Gasteiger partial charge on any atom is -0.478 e. The van der Waals surface area contributed by atoms with Gasteiger partial charge in [-0.05, 0) is 68.7 Å². The lowest BCUT2D eigenvalue weighted by Gasteiger charge is -2.25. The van der Waals surface area contributed by atoms with Crippen molar-refractivity contribution >= 4 is 33.9 Å². The summed E-state index contributed by atoms with van der Waals surface area (Å²) >= 11 is 0. The van der Waals surface area contributed by atoms with Crippen molar-refractivity contribution in [3.63, 3.8) is 0 Å². The van der Waals surface area contributed by atoms with E-state index in [0.29, 0.717) is 18.8 Å². The van der Waals surface area contributed by atoms with Crippen LogP contribution in [-0.4, -0.2) is 39.1 Å². The molecule has 1 saturated heterocycles. The van der Waals surface area contributed by atoms with E-state index >= 15 is 0 Å². The Morgan fingerprint density at radius 2 is 2.00 bits per heavy atom. The molecule has 1 aliphatic rings. The fraction of sp³-hybridized carbons (Fsp3) is 0.280. The summed E-state index contributed by atoms with van der Waals surface area (Å²) < 4.78 is 21.9. The number of carboxylic acid groups (broad SMARTS) is 1. The molecule has 0 spiro atoms. The summed E-state index contributed by atoms with van der Waals surface area (Å²) in [4.78, 5) is 11.4. The first kappa shape index (κ1) is 20.5. The van der Waals surface area contributed by atoms with E-state index in [2.05, 4.69) is 20.8 Å². The fourth-order valence-corrected chi connectivity index (χ4v) is 4.71. The zero-order valence-corrected chi connectivity index (χ0v) is 18.0. The molecule has 0 bridgehead atoms. The number of ether oxygens (including phenoxy) is 1. The number of hydrogen-bond acceptors (Lipinski definition) is 3. The molecule has 0 amide bonds. The number of carbonyl (C=O) groups is 1. The molecular weight excluding hydrogens is 409 g/mol. The highest BCUT2D eigenvalue weighted by molar-refractivity contribution is 6.03. The molecule has 2 aromatic carbocycles. The van der Waals surface area contributed by atoms with Crippen molar-refractivity contribution in [1.29, 1.82) is 0 Å². The number of aliphatic carboxylic acids is 1. The highest BCUT2D eigenvalue weighted by Crippen LogP contribution is 2.40. The summed E-state index contributed by atoms with van der Waals surface area (Å²) in [7, 11) is 0. The first-order valence-corrected chi connectivity index (χ1v) is 10.7. The highest BCUT2D eigenvalue weighted by atomic mass is 19.1. The molecule has 0 radical (unpaired) electrons. The molecule has 1 fully saturated rings. The predicted octanol–water partition coefficient (Wildman–Crippen LogP) is 5.25. The summed E-state index contributed by atoms with van der Waals surface area (Å²) in [5.74, 6) is -1.07. The molecule has 0 atom stereocenters. The van der Waals surface area contributed by atoms with Gasteiger partial charge in [-0.15, -0.1) is 0 Å². The zero-order valence-electron chi connectivity index (χ0n) is 18.0. The molecule has 32 heavy (non-hydrogen) atoms. The number of aromatic nitrogens is 3. The topological polar surface area (TPSA) is 80.1 Å². The van der Waals surface area contributed by atoms with Gasteiger partial charge in [0.2, 0.25) is 0 Å². The van der Waals surface area contributed by atoms with Gasteiger partial charge in [-0.1, -0.05) is 0 Å². The Kier molecular flexibility index (Phi) is 5.06. The monoisotopic (exact) mass is 433 g/mol. The summed E-state index contributed by atoms with van der Waals surface area (Å²) in [5, 5.41) is 18.7. The Bertz CT molecular complexity index is 1380. The van der Waals surface area contributed by atoms with E-state index in [9.17, 15) is 14.3 Å². The van der Waals surface area contributed by atoms with Crippen LogP contribution in [0.15, 0.2) is 36.4 Å². The Balaban J connectivity index is 1.90. The minimum atomic E-state index is -1.00. The van der Waals surface area contributed by atoms with Crippen molar-refractivity contribution in [1.82, 2.24) is 14.8 Å². The molecule has 2 N–H and O–H groups in total. The molecular formula is C25H24FN3O3. The molecule has 164 valence electrons. The zero-order chi connectivity index (χ0) is 22.4. The highest BCUT2D eigenvalue weighted by Gasteiger charge is 2.27. The maximum Gasteiger partial charge on any atom is 0.328 e. The average molecular weight is 433 g/mol. The fourth-order valence-electron chi connectivity index (χ4n) is 4.71. The van der Waals surface area contributed by atoms with E-state index < -0.39 is 5.97 Å². The molecule has 0 aliphatic carbocycles. The number of H-pyrrole nitrogens is 1. The van der Waals surface area contributed by atoms with Crippen molar-refractivity contribution < 1.29 is 19.0 Å². The maximum absolute atomic E-state index is 14.1. The standard InChI is InChI=1S/C25H24FN3O3/c1-14-11-17(3-5-21(14)26)29-23-13-19-15(2)27-28-22(19)12-20(23)18(4-6-24(30)31)25(29)16-7-9-32-10-8-16/h3-6,11-13,16H,7-10H2,1-2H3,(H,27,28)(H,30,31)/b6-4+. The van der Waals surface area contributed by atoms with Gasteiger partial charge in [0.15, 0.2) is 0 Å². The van der Waals surface area contributed by atoms with Gasteiger partial charge in [-0.3, -0.25) is 5.10 Å². The molecule has 1 aliphatic heterocycles. The second-order valence-electron chi connectivity index (χ2n) is 8.36. The molecule has 2 aromatic heterocycles. The van der Waals surface area contributed by atoms with Gasteiger partial charge < -0.3 is 14.4 Å². The van der Waals surface area contributed by atoms with E-state index in [0.717, 1.165) is 57.3 Å². The molecule has 5 rings (SSSR count). The third-order valence-electron chi connectivity index (χ3n) is 6.31. The van der Waals surface area contributed by atoms with Crippen LogP contribution in [0.5, 0.6) is 0 Å². The van der Waals surface area contributed by atoms with Crippen LogP contribution >= 0.6 is 0 Å². The molecule has 3 heterocycles. The Morgan fingerprint density at radius 1 is 1.22 bits per heavy atom. The van der Waals surface area contributed by atoms with Crippen LogP contribution in [0.25, 0.3) is 33.6 Å². The van der Waals surface area contributed by atoms with E-state index in [1.165, 1.54) is 12.1 Å². The lowest BCUT2D eigenvalue weighted by Crippen LogP contribution is -2.17. The van der Waals surface area contributed by atoms with Crippen LogP contribution in [0.2, 0.25) is 0 Å². The second kappa shape index (κ2) is 7.91. The van der Waals surface area contributed by atoms with Crippen molar-refractivity contribution in [3.05, 3.63) is 64.7 Å². The smallest absolute Gasteiger partial charge is 0.328 e. The summed E-state index contributed by atoms with van der Waals surface area (Å²) in [6.45, 7) is 5.03. The molecule has 0 unspecified atom stereocenters. The summed E-state index contributed by atoms with van der Waals surface area (Å²) in [6.07, 6.45) is 4.52. The van der Waals surface area contributed by atoms with Gasteiger partial charge in [0, 0.05) is 58.6 Å². The third kappa shape index (κ3) is 3.39. The Labute approximate surface area is 184 Å². The van der Waals surface area contributed by atoms with E-state index in [1.54, 1.807) is 19.1 Å². The number of carboxylic acids is 1. The van der Waals surface area contributed by atoms with Crippen LogP contribution in [0.1, 0.15) is 41.3 Å². The van der Waals surface area contributed by atoms with Crippen molar-refractivity contribution in [3.8, 4) is 5.69 Å². The van der Waals surface area contributed by atoms with Gasteiger partial charge in [-0.2, -0.15) is 5.10 Å². The largest absolute Gasteiger partial charge is 0.478 e. The van der Waals surface area contributed by atoms with E-state index in [1.807, 2.05) is 19.1 Å². The second-order valence-corrected chi connectivity index (χ2v) is 8.36. The van der Waals surface area contributed by atoms with Gasteiger partial charge in [0.25, 0.3) is 0 Å². The number of aryl methyl sites for hydroxylation is 2. The van der Waals surface area contributed by atoms with Crippen molar-refractivity contribution in [2.24, 2.45) is 0 Å². The summed E-state index contributed by atoms with van der Waals surface area (Å²) in [6, 6.07) is 9.20. The Morgan fingerprint density at radius 3 is 2.72 bits per heavy atom. The summed E-state index contributed by atoms with van der Waals surface area (Å²) in [5.41, 5.74) is 6.03. The number of fused-ring (bicyclic) bond motifs is 2. The quantitative estimate of drug-likeness (QED) is 0.431. The maximum atomic E-state index is 14.1. The predicted molar refractivity (Wildman–Crippen MR) is 122 cm³/mol. The number of rotatable bonds is 4. The average Bonchev–Trinajstić information content (AvgIpc) is 3.30. The number of halogens is 1. The third-order valence-corrected chi connectivity index (χ3v) is 6.31. The van der Waals surface area contributed by atoms with Crippen LogP contribution < -0.4 is 0 Å². The van der Waals surface area contributed by atoms with E-state index in [-0.39, 0.29) is 11.7 Å². The van der Waals surface area contributed by atoms with Crippen LogP contribution in [-0.2, 0) is 9.53 Å². The number of benzene rings is 2. The number of nitrogens with zero attached hydrogens (tertiary/aromatic N) is 2. The lowest BCUT2D eigenvalue weighted by molar-refractivity contribution is -0.131. The first-order chi connectivity index (χ1) is 15.4.